The summed E-state index contributed by atoms with van der Waals surface area (Å²) in [6, 6.07) is 5.27. The first kappa shape index (κ1) is 18.8. The van der Waals surface area contributed by atoms with Gasteiger partial charge in [-0.15, -0.1) is 22.7 Å². The number of ether oxygens (including phenoxy) is 1. The zero-order chi connectivity index (χ0) is 19.4. The Hall–Kier alpha value is -2.98. The molecule has 0 radical (unpaired) electrons. The number of esters is 1. The van der Waals surface area contributed by atoms with E-state index in [2.05, 4.69) is 15.8 Å². The normalized spacial score (nSPS) is 10.4. The van der Waals surface area contributed by atoms with Crippen molar-refractivity contribution in [2.45, 2.75) is 13.8 Å². The van der Waals surface area contributed by atoms with E-state index in [1.165, 1.54) is 29.6 Å². The molecule has 0 aromatic carbocycles. The Morgan fingerprint density at radius 3 is 2.70 bits per heavy atom. The van der Waals surface area contributed by atoms with Crippen LogP contribution >= 0.6 is 22.7 Å². The van der Waals surface area contributed by atoms with Crippen LogP contribution in [0.5, 0.6) is 0 Å². The Balaban J connectivity index is 1.73. The van der Waals surface area contributed by atoms with E-state index in [0.717, 1.165) is 4.88 Å². The summed E-state index contributed by atoms with van der Waals surface area (Å²) in [7, 11) is 0. The Bertz CT molecular complexity index is 975. The zero-order valence-electron chi connectivity index (χ0n) is 14.4. The van der Waals surface area contributed by atoms with Gasteiger partial charge in [0, 0.05) is 28.8 Å². The van der Waals surface area contributed by atoms with Gasteiger partial charge in [-0.05, 0) is 18.4 Å². The second-order valence-electron chi connectivity index (χ2n) is 5.46. The van der Waals surface area contributed by atoms with Gasteiger partial charge in [-0.25, -0.2) is 4.79 Å². The van der Waals surface area contributed by atoms with Crippen LogP contribution in [0.4, 0.5) is 10.8 Å². The summed E-state index contributed by atoms with van der Waals surface area (Å²) in [5.74, 6) is -0.772. The van der Waals surface area contributed by atoms with Gasteiger partial charge in [0.05, 0.1) is 0 Å². The molecule has 0 aliphatic carbocycles. The number of aryl methyl sites for hydroxylation is 1. The highest BCUT2D eigenvalue weighted by atomic mass is 32.1. The second-order valence-corrected chi connectivity index (χ2v) is 7.29. The topological polar surface area (TPSA) is 111 Å². The maximum Gasteiger partial charge on any atom is 0.342 e. The second kappa shape index (κ2) is 8.14. The van der Waals surface area contributed by atoms with Crippen molar-refractivity contribution in [3.8, 4) is 10.4 Å². The number of nitrogens with one attached hydrogen (secondary N) is 2. The van der Waals surface area contributed by atoms with E-state index in [1.54, 1.807) is 18.4 Å². The van der Waals surface area contributed by atoms with Gasteiger partial charge in [0.2, 0.25) is 5.91 Å². The van der Waals surface area contributed by atoms with Crippen molar-refractivity contribution >= 4 is 51.3 Å². The van der Waals surface area contributed by atoms with Gasteiger partial charge in [0.15, 0.2) is 12.4 Å². The van der Waals surface area contributed by atoms with E-state index in [9.17, 15) is 14.4 Å². The molecule has 140 valence electrons. The molecule has 3 aromatic heterocycles. The lowest BCUT2D eigenvalue weighted by Crippen LogP contribution is -2.21. The minimum atomic E-state index is -0.699. The Morgan fingerprint density at radius 2 is 2.07 bits per heavy atom. The standard InChI is InChI=1S/C17H15N3O5S2/c1-9-6-13(20-25-9)19-14(22)7-24-17(23)15-11(12-4-3-5-26-12)8-27-16(15)18-10(2)21/h3-6,8H,7H2,1-2H3,(H,18,21)(H,19,20,22). The average Bonchev–Trinajstić information content (AvgIpc) is 3.33. The van der Waals surface area contributed by atoms with Crippen molar-refractivity contribution < 1.29 is 23.6 Å². The predicted molar refractivity (Wildman–Crippen MR) is 102 cm³/mol. The first-order valence-corrected chi connectivity index (χ1v) is 9.53. The number of hydrogen-bond donors (Lipinski definition) is 2. The third-order valence-electron chi connectivity index (χ3n) is 3.30. The summed E-state index contributed by atoms with van der Waals surface area (Å²) in [6.07, 6.45) is 0. The van der Waals surface area contributed by atoms with E-state index in [1.807, 2.05) is 17.5 Å². The minimum absolute atomic E-state index is 0.225. The summed E-state index contributed by atoms with van der Waals surface area (Å²) < 4.78 is 9.99. The van der Waals surface area contributed by atoms with Crippen molar-refractivity contribution in [2.75, 3.05) is 17.2 Å². The summed E-state index contributed by atoms with van der Waals surface area (Å²) in [5.41, 5.74) is 0.874. The summed E-state index contributed by atoms with van der Waals surface area (Å²) in [5, 5.41) is 12.8. The Labute approximate surface area is 162 Å². The lowest BCUT2D eigenvalue weighted by atomic mass is 10.1. The maximum atomic E-state index is 12.6. The van der Waals surface area contributed by atoms with Crippen molar-refractivity contribution in [3.63, 3.8) is 0 Å². The summed E-state index contributed by atoms with van der Waals surface area (Å²) >= 11 is 2.68. The molecule has 0 atom stereocenters. The molecule has 0 unspecified atom stereocenters. The highest BCUT2D eigenvalue weighted by Crippen LogP contribution is 2.38. The molecule has 3 rings (SSSR count). The number of nitrogens with zero attached hydrogens (tertiary/aromatic N) is 1. The number of anilines is 2. The summed E-state index contributed by atoms with van der Waals surface area (Å²) in [6.45, 7) is 2.55. The highest BCUT2D eigenvalue weighted by molar-refractivity contribution is 7.17. The van der Waals surface area contributed by atoms with E-state index < -0.39 is 18.5 Å². The van der Waals surface area contributed by atoms with Gasteiger partial charge >= 0.3 is 5.97 Å². The molecule has 10 heteroatoms. The molecule has 0 aliphatic heterocycles. The lowest BCUT2D eigenvalue weighted by Gasteiger charge is -2.08. The molecular formula is C17H15N3O5S2. The smallest absolute Gasteiger partial charge is 0.342 e. The van der Waals surface area contributed by atoms with Crippen LogP contribution in [-0.2, 0) is 14.3 Å². The quantitative estimate of drug-likeness (QED) is 0.607. The number of hydrogen-bond acceptors (Lipinski definition) is 8. The molecule has 0 saturated carbocycles. The lowest BCUT2D eigenvalue weighted by molar-refractivity contribution is -0.119. The zero-order valence-corrected chi connectivity index (χ0v) is 16.0. The van der Waals surface area contributed by atoms with E-state index in [0.29, 0.717) is 16.3 Å². The minimum Gasteiger partial charge on any atom is -0.452 e. The highest BCUT2D eigenvalue weighted by Gasteiger charge is 2.23. The summed E-state index contributed by atoms with van der Waals surface area (Å²) in [4.78, 5) is 36.8. The molecule has 3 heterocycles. The average molecular weight is 405 g/mol. The SMILES string of the molecule is CC(=O)Nc1scc(-c2cccs2)c1C(=O)OCC(=O)Nc1cc(C)on1. The fraction of sp³-hybridized carbons (Fsp3) is 0.176. The van der Waals surface area contributed by atoms with Crippen LogP contribution in [0.25, 0.3) is 10.4 Å². The number of carbonyl (C=O) groups excluding carboxylic acids is 3. The largest absolute Gasteiger partial charge is 0.452 e. The monoisotopic (exact) mass is 405 g/mol. The number of amides is 2. The number of carbonyl (C=O) groups is 3. The van der Waals surface area contributed by atoms with Gasteiger partial charge in [-0.3, -0.25) is 9.59 Å². The van der Waals surface area contributed by atoms with Crippen molar-refractivity contribution in [1.82, 2.24) is 5.16 Å². The first-order valence-electron chi connectivity index (χ1n) is 7.77. The van der Waals surface area contributed by atoms with Crippen LogP contribution in [0, 0.1) is 6.92 Å². The predicted octanol–water partition coefficient (Wildman–Crippen LogP) is 3.53. The number of aromatic nitrogens is 1. The molecule has 0 bridgehead atoms. The molecule has 27 heavy (non-hydrogen) atoms. The van der Waals surface area contributed by atoms with E-state index in [4.69, 9.17) is 9.26 Å². The van der Waals surface area contributed by atoms with Gasteiger partial charge in [-0.2, -0.15) is 0 Å². The van der Waals surface area contributed by atoms with Crippen LogP contribution in [0.15, 0.2) is 33.5 Å². The molecule has 0 spiro atoms. The van der Waals surface area contributed by atoms with Gasteiger partial charge in [-0.1, -0.05) is 11.2 Å². The third-order valence-corrected chi connectivity index (χ3v) is 5.10. The van der Waals surface area contributed by atoms with Crippen LogP contribution in [0.1, 0.15) is 23.0 Å². The van der Waals surface area contributed by atoms with Crippen LogP contribution < -0.4 is 10.6 Å². The van der Waals surface area contributed by atoms with Gasteiger partial charge < -0.3 is 19.9 Å². The Morgan fingerprint density at radius 1 is 1.26 bits per heavy atom. The van der Waals surface area contributed by atoms with E-state index in [-0.39, 0.29) is 17.3 Å². The van der Waals surface area contributed by atoms with E-state index >= 15 is 0 Å². The molecule has 0 aliphatic rings. The molecule has 2 N–H and O–H groups in total. The molecule has 0 saturated heterocycles. The van der Waals surface area contributed by atoms with Crippen LogP contribution in [0.2, 0.25) is 0 Å². The van der Waals surface area contributed by atoms with Crippen LogP contribution in [-0.4, -0.2) is 29.5 Å². The molecular weight excluding hydrogens is 390 g/mol. The van der Waals surface area contributed by atoms with Crippen molar-refractivity contribution in [1.29, 1.82) is 0 Å². The Kier molecular flexibility index (Phi) is 5.67. The fourth-order valence-corrected chi connectivity index (χ4v) is 4.05. The third kappa shape index (κ3) is 4.60. The van der Waals surface area contributed by atoms with Crippen molar-refractivity contribution in [2.24, 2.45) is 0 Å². The fourth-order valence-electron chi connectivity index (χ4n) is 2.23. The first-order chi connectivity index (χ1) is 12.9. The maximum absolute atomic E-state index is 12.6. The van der Waals surface area contributed by atoms with Gasteiger partial charge in [0.25, 0.3) is 5.91 Å². The van der Waals surface area contributed by atoms with Crippen LogP contribution in [0.3, 0.4) is 0 Å². The number of thiophene rings is 2. The van der Waals surface area contributed by atoms with Gasteiger partial charge in [0.1, 0.15) is 16.3 Å². The van der Waals surface area contributed by atoms with Crippen molar-refractivity contribution in [3.05, 3.63) is 40.3 Å². The molecule has 8 nitrogen and oxygen atoms in total. The molecule has 2 amide bonds. The number of rotatable bonds is 6. The molecule has 3 aromatic rings. The molecule has 0 fully saturated rings.